The van der Waals surface area contributed by atoms with Crippen molar-refractivity contribution >= 4 is 11.5 Å². The fourth-order valence-corrected chi connectivity index (χ4v) is 2.51. The number of hydrogen-bond donors (Lipinski definition) is 0. The van der Waals surface area contributed by atoms with Crippen LogP contribution in [0.5, 0.6) is 0 Å². The Kier molecular flexibility index (Phi) is 3.79. The fraction of sp³-hybridized carbons (Fsp3) is 0.615. The molecule has 0 saturated heterocycles. The molecule has 0 spiro atoms. The van der Waals surface area contributed by atoms with Gasteiger partial charge in [0.15, 0.2) is 0 Å². The largest absolute Gasteiger partial charge is 0.357 e. The van der Waals surface area contributed by atoms with Gasteiger partial charge < -0.3 is 4.90 Å². The SMILES string of the molecule is CC1CCC(N(C)c2ccc([N+](=O)[O-])cn2)CC1. The molecule has 0 N–H and O–H groups in total. The Morgan fingerprint density at radius 1 is 1.33 bits per heavy atom. The molecule has 1 heterocycles. The summed E-state index contributed by atoms with van der Waals surface area (Å²) in [5, 5.41) is 10.6. The molecule has 0 aliphatic heterocycles. The van der Waals surface area contributed by atoms with Crippen LogP contribution in [-0.4, -0.2) is 23.0 Å². The maximum absolute atomic E-state index is 10.6. The van der Waals surface area contributed by atoms with E-state index in [1.807, 2.05) is 7.05 Å². The normalized spacial score (nSPS) is 23.7. The second kappa shape index (κ2) is 5.33. The van der Waals surface area contributed by atoms with Crippen molar-refractivity contribution in [3.05, 3.63) is 28.4 Å². The summed E-state index contributed by atoms with van der Waals surface area (Å²) in [6.45, 7) is 2.29. The summed E-state index contributed by atoms with van der Waals surface area (Å²) in [6.07, 6.45) is 6.19. The lowest BCUT2D eigenvalue weighted by molar-refractivity contribution is -0.385. The topological polar surface area (TPSA) is 59.3 Å². The van der Waals surface area contributed by atoms with Gasteiger partial charge in [-0.1, -0.05) is 6.92 Å². The first-order valence-corrected chi connectivity index (χ1v) is 6.41. The molecular weight excluding hydrogens is 230 g/mol. The standard InChI is InChI=1S/C13H19N3O2/c1-10-3-5-11(6-4-10)15(2)13-8-7-12(9-14-13)16(17)18/h7-11H,3-6H2,1-2H3. The Morgan fingerprint density at radius 2 is 2.00 bits per heavy atom. The average molecular weight is 249 g/mol. The number of anilines is 1. The lowest BCUT2D eigenvalue weighted by Crippen LogP contribution is -2.35. The summed E-state index contributed by atoms with van der Waals surface area (Å²) in [5.41, 5.74) is 0.0458. The minimum Gasteiger partial charge on any atom is -0.357 e. The molecule has 0 radical (unpaired) electrons. The molecule has 1 saturated carbocycles. The van der Waals surface area contributed by atoms with Crippen LogP contribution in [0, 0.1) is 16.0 Å². The third-order valence-electron chi connectivity index (χ3n) is 3.84. The average Bonchev–Trinajstić information content (AvgIpc) is 2.39. The Labute approximate surface area is 107 Å². The Hall–Kier alpha value is -1.65. The molecule has 98 valence electrons. The zero-order valence-corrected chi connectivity index (χ0v) is 10.9. The van der Waals surface area contributed by atoms with Gasteiger partial charge in [-0.15, -0.1) is 0 Å². The zero-order valence-electron chi connectivity index (χ0n) is 10.9. The molecule has 5 heteroatoms. The lowest BCUT2D eigenvalue weighted by Gasteiger charge is -2.34. The molecule has 0 atom stereocenters. The minimum atomic E-state index is -0.418. The maximum Gasteiger partial charge on any atom is 0.287 e. The molecule has 2 rings (SSSR count). The van der Waals surface area contributed by atoms with Gasteiger partial charge >= 0.3 is 0 Å². The van der Waals surface area contributed by atoms with Gasteiger partial charge in [0, 0.05) is 19.2 Å². The van der Waals surface area contributed by atoms with Gasteiger partial charge in [0.05, 0.1) is 4.92 Å². The third-order valence-corrected chi connectivity index (χ3v) is 3.84. The van der Waals surface area contributed by atoms with Gasteiger partial charge in [0.25, 0.3) is 5.69 Å². The molecule has 0 unspecified atom stereocenters. The summed E-state index contributed by atoms with van der Waals surface area (Å²) in [7, 11) is 2.02. The number of nitro groups is 1. The van der Waals surface area contributed by atoms with Crippen LogP contribution in [0.4, 0.5) is 11.5 Å². The third kappa shape index (κ3) is 2.78. The lowest BCUT2D eigenvalue weighted by atomic mass is 9.87. The minimum absolute atomic E-state index is 0.0458. The van der Waals surface area contributed by atoms with Crippen LogP contribution < -0.4 is 4.90 Å². The van der Waals surface area contributed by atoms with Crippen LogP contribution in [0.3, 0.4) is 0 Å². The van der Waals surface area contributed by atoms with E-state index in [0.29, 0.717) is 6.04 Å². The number of pyridine rings is 1. The highest BCUT2D eigenvalue weighted by molar-refractivity contribution is 5.43. The van der Waals surface area contributed by atoms with E-state index in [2.05, 4.69) is 16.8 Å². The van der Waals surface area contributed by atoms with Crippen molar-refractivity contribution in [1.82, 2.24) is 4.98 Å². The molecule has 1 aliphatic carbocycles. The van der Waals surface area contributed by atoms with Crippen molar-refractivity contribution in [3.8, 4) is 0 Å². The van der Waals surface area contributed by atoms with Crippen LogP contribution in [0.1, 0.15) is 32.6 Å². The summed E-state index contributed by atoms with van der Waals surface area (Å²) in [4.78, 5) is 16.5. The molecule has 0 bridgehead atoms. The van der Waals surface area contributed by atoms with Gasteiger partial charge in [0.1, 0.15) is 12.0 Å². The van der Waals surface area contributed by atoms with Gasteiger partial charge in [-0.2, -0.15) is 0 Å². The number of nitrogens with zero attached hydrogens (tertiary/aromatic N) is 3. The van der Waals surface area contributed by atoms with Crippen LogP contribution in [0.2, 0.25) is 0 Å². The molecule has 0 amide bonds. The van der Waals surface area contributed by atoms with Crippen LogP contribution in [-0.2, 0) is 0 Å². The van der Waals surface area contributed by atoms with Crippen LogP contribution >= 0.6 is 0 Å². The first-order valence-electron chi connectivity index (χ1n) is 6.41. The Bertz CT molecular complexity index is 411. The first kappa shape index (κ1) is 12.8. The van der Waals surface area contributed by atoms with E-state index >= 15 is 0 Å². The fourth-order valence-electron chi connectivity index (χ4n) is 2.51. The van der Waals surface area contributed by atoms with Crippen LogP contribution in [0.25, 0.3) is 0 Å². The Morgan fingerprint density at radius 3 is 2.50 bits per heavy atom. The number of aromatic nitrogens is 1. The molecule has 18 heavy (non-hydrogen) atoms. The molecular formula is C13H19N3O2. The summed E-state index contributed by atoms with van der Waals surface area (Å²) >= 11 is 0. The van der Waals surface area contributed by atoms with E-state index in [1.54, 1.807) is 6.07 Å². The van der Waals surface area contributed by atoms with Crippen LogP contribution in [0.15, 0.2) is 18.3 Å². The molecule has 1 aromatic rings. The van der Waals surface area contributed by atoms with Crippen molar-refractivity contribution in [2.45, 2.75) is 38.6 Å². The highest BCUT2D eigenvalue weighted by atomic mass is 16.6. The molecule has 1 aliphatic rings. The highest BCUT2D eigenvalue weighted by Gasteiger charge is 2.22. The summed E-state index contributed by atoms with van der Waals surface area (Å²) < 4.78 is 0. The van der Waals surface area contributed by atoms with Crippen molar-refractivity contribution < 1.29 is 4.92 Å². The van der Waals surface area contributed by atoms with Crippen molar-refractivity contribution in [2.24, 2.45) is 5.92 Å². The van der Waals surface area contributed by atoms with Gasteiger partial charge in [-0.3, -0.25) is 10.1 Å². The van der Waals surface area contributed by atoms with E-state index in [4.69, 9.17) is 0 Å². The van der Waals surface area contributed by atoms with Gasteiger partial charge in [0.2, 0.25) is 0 Å². The van der Waals surface area contributed by atoms with E-state index in [0.717, 1.165) is 11.7 Å². The molecule has 1 fully saturated rings. The molecule has 5 nitrogen and oxygen atoms in total. The molecule has 1 aromatic heterocycles. The van der Waals surface area contributed by atoms with Crippen molar-refractivity contribution in [2.75, 3.05) is 11.9 Å². The maximum atomic E-state index is 10.6. The highest BCUT2D eigenvalue weighted by Crippen LogP contribution is 2.28. The second-order valence-corrected chi connectivity index (χ2v) is 5.16. The van der Waals surface area contributed by atoms with Crippen molar-refractivity contribution in [3.63, 3.8) is 0 Å². The monoisotopic (exact) mass is 249 g/mol. The number of rotatable bonds is 3. The van der Waals surface area contributed by atoms with Gasteiger partial charge in [-0.05, 0) is 37.7 Å². The van der Waals surface area contributed by atoms with E-state index < -0.39 is 4.92 Å². The molecule has 0 aromatic carbocycles. The zero-order chi connectivity index (χ0) is 13.1. The van der Waals surface area contributed by atoms with Gasteiger partial charge in [-0.25, -0.2) is 4.98 Å². The quantitative estimate of drug-likeness (QED) is 0.610. The van der Waals surface area contributed by atoms with E-state index in [-0.39, 0.29) is 5.69 Å². The van der Waals surface area contributed by atoms with E-state index in [9.17, 15) is 10.1 Å². The van der Waals surface area contributed by atoms with E-state index in [1.165, 1.54) is 37.9 Å². The second-order valence-electron chi connectivity index (χ2n) is 5.16. The predicted octanol–water partition coefficient (Wildman–Crippen LogP) is 3.00. The number of hydrogen-bond acceptors (Lipinski definition) is 4. The summed E-state index contributed by atoms with van der Waals surface area (Å²) in [5.74, 6) is 1.64. The summed E-state index contributed by atoms with van der Waals surface area (Å²) in [6, 6.07) is 3.76. The van der Waals surface area contributed by atoms with Crippen molar-refractivity contribution in [1.29, 1.82) is 0 Å². The Balaban J connectivity index is 2.04. The smallest absolute Gasteiger partial charge is 0.287 e. The first-order chi connectivity index (χ1) is 8.58. The predicted molar refractivity (Wildman–Crippen MR) is 70.7 cm³/mol.